The Hall–Kier alpha value is -4.58. The molecule has 0 bridgehead atoms. The number of fused-ring (bicyclic) bond motifs is 6. The third-order valence-electron chi connectivity index (χ3n) is 6.05. The molecule has 0 N–H and O–H groups in total. The van der Waals surface area contributed by atoms with Gasteiger partial charge in [-0.25, -0.2) is 4.98 Å². The Balaban J connectivity index is 1.40. The van der Waals surface area contributed by atoms with Gasteiger partial charge in [0.1, 0.15) is 22.6 Å². The predicted molar refractivity (Wildman–Crippen MR) is 126 cm³/mol. The Bertz CT molecular complexity index is 1670. The average Bonchev–Trinajstić information content (AvgIpc) is 3.47. The first-order chi connectivity index (χ1) is 16.7. The van der Waals surface area contributed by atoms with Crippen LogP contribution in [0.25, 0.3) is 45.1 Å². The molecule has 0 fully saturated rings. The molecule has 4 aromatic carbocycles. The predicted octanol–water partition coefficient (Wildman–Crippen LogP) is 6.30. The van der Waals surface area contributed by atoms with Crippen LogP contribution in [-0.4, -0.2) is 4.98 Å². The van der Waals surface area contributed by atoms with Gasteiger partial charge in [0.05, 0.1) is 12.5 Å². The lowest BCUT2D eigenvalue weighted by atomic mass is 10.1. The number of hydrogen-bond donors (Lipinski definition) is 0. The number of hydrogen-bond acceptors (Lipinski definition) is 5. The van der Waals surface area contributed by atoms with Crippen molar-refractivity contribution in [1.29, 1.82) is 0 Å². The van der Waals surface area contributed by atoms with Crippen LogP contribution in [0, 0.1) is 0 Å². The molecule has 6 aromatic rings. The lowest BCUT2D eigenvalue weighted by Crippen LogP contribution is -2.64. The SMILES string of the molecule is C[C@]1(Oc2ccccc2-c2nc3ccccc3o2)Oc2ccccc2-c2oc3ccccc3[n+]21. The van der Waals surface area contributed by atoms with Crippen molar-refractivity contribution in [3.63, 3.8) is 0 Å². The van der Waals surface area contributed by atoms with Crippen molar-refractivity contribution < 1.29 is 22.9 Å². The van der Waals surface area contributed by atoms with Crippen LogP contribution in [0.3, 0.4) is 0 Å². The summed E-state index contributed by atoms with van der Waals surface area (Å²) in [6.07, 6.45) is 0. The van der Waals surface area contributed by atoms with Gasteiger partial charge >= 0.3 is 11.8 Å². The molecule has 1 aliphatic heterocycles. The normalized spacial score (nSPS) is 16.7. The van der Waals surface area contributed by atoms with E-state index in [1.54, 1.807) is 0 Å². The molecule has 6 nitrogen and oxygen atoms in total. The summed E-state index contributed by atoms with van der Waals surface area (Å²) in [6, 6.07) is 31.0. The summed E-state index contributed by atoms with van der Waals surface area (Å²) < 4.78 is 27.4. The Kier molecular flexibility index (Phi) is 3.88. The maximum atomic E-state index is 6.65. The number of oxazole rings is 2. The zero-order valence-corrected chi connectivity index (χ0v) is 18.3. The van der Waals surface area contributed by atoms with Crippen LogP contribution >= 0.6 is 0 Å². The van der Waals surface area contributed by atoms with Gasteiger partial charge in [0, 0.05) is 6.07 Å². The van der Waals surface area contributed by atoms with Gasteiger partial charge in [0.15, 0.2) is 5.58 Å². The molecular weight excluding hydrogens is 428 g/mol. The van der Waals surface area contributed by atoms with E-state index in [2.05, 4.69) is 4.98 Å². The summed E-state index contributed by atoms with van der Waals surface area (Å²) in [5.74, 6) is 1.20. The third-order valence-corrected chi connectivity index (χ3v) is 6.05. The maximum Gasteiger partial charge on any atom is 0.477 e. The minimum atomic E-state index is -1.22. The van der Waals surface area contributed by atoms with E-state index >= 15 is 0 Å². The van der Waals surface area contributed by atoms with Gasteiger partial charge in [0.2, 0.25) is 11.5 Å². The molecule has 34 heavy (non-hydrogen) atoms. The van der Waals surface area contributed by atoms with E-state index in [1.807, 2.05) is 109 Å². The van der Waals surface area contributed by atoms with Crippen LogP contribution in [0.1, 0.15) is 6.92 Å². The number of nitrogens with zero attached hydrogens (tertiary/aromatic N) is 2. The second kappa shape index (κ2) is 6.96. The monoisotopic (exact) mass is 447 g/mol. The number of rotatable bonds is 3. The van der Waals surface area contributed by atoms with Crippen molar-refractivity contribution in [3.8, 4) is 34.4 Å². The molecule has 6 heteroatoms. The summed E-state index contributed by atoms with van der Waals surface area (Å²) in [6.45, 7) is 1.89. The first kappa shape index (κ1) is 18.9. The second-order valence-corrected chi connectivity index (χ2v) is 8.29. The summed E-state index contributed by atoms with van der Waals surface area (Å²) >= 11 is 0. The van der Waals surface area contributed by atoms with Crippen LogP contribution in [0.15, 0.2) is 106 Å². The van der Waals surface area contributed by atoms with E-state index in [0.717, 1.165) is 33.3 Å². The van der Waals surface area contributed by atoms with Crippen molar-refractivity contribution in [2.75, 3.05) is 0 Å². The molecule has 0 radical (unpaired) electrons. The Labute approximate surface area is 194 Å². The standard InChI is InChI=1S/C28H19N2O4/c1-28(33-22-14-6-2-10-18(22)26-29-20-12-4-8-16-24(20)31-26)30-21-13-5-9-17-25(21)32-27(30)19-11-3-7-15-23(19)34-28/h2-17H,1H3/q+1/t28-/m0/s1. The lowest BCUT2D eigenvalue weighted by Gasteiger charge is -2.29. The van der Waals surface area contributed by atoms with Gasteiger partial charge in [0.25, 0.3) is 5.52 Å². The maximum absolute atomic E-state index is 6.65. The van der Waals surface area contributed by atoms with Crippen LogP contribution in [-0.2, 0) is 5.91 Å². The van der Waals surface area contributed by atoms with Crippen molar-refractivity contribution in [2.45, 2.75) is 12.8 Å². The molecule has 0 unspecified atom stereocenters. The van der Waals surface area contributed by atoms with E-state index in [1.165, 1.54) is 0 Å². The molecule has 0 spiro atoms. The van der Waals surface area contributed by atoms with Crippen molar-refractivity contribution in [1.82, 2.24) is 4.98 Å². The minimum Gasteiger partial charge on any atom is -0.436 e. The third kappa shape index (κ3) is 2.75. The highest BCUT2D eigenvalue weighted by Crippen LogP contribution is 2.41. The average molecular weight is 447 g/mol. The number of aromatic nitrogens is 2. The number of para-hydroxylation sites is 6. The number of ether oxygens (including phenoxy) is 2. The molecule has 164 valence electrons. The van der Waals surface area contributed by atoms with Gasteiger partial charge in [-0.15, -0.1) is 0 Å². The van der Waals surface area contributed by atoms with E-state index < -0.39 is 5.91 Å². The zero-order valence-electron chi connectivity index (χ0n) is 18.3. The van der Waals surface area contributed by atoms with E-state index in [4.69, 9.17) is 18.3 Å². The van der Waals surface area contributed by atoms with E-state index in [9.17, 15) is 0 Å². The topological polar surface area (TPSA) is 61.5 Å². The lowest BCUT2D eigenvalue weighted by molar-refractivity contribution is -0.811. The number of benzene rings is 4. The molecule has 7 rings (SSSR count). The molecular formula is C28H19N2O4+. The van der Waals surface area contributed by atoms with E-state index in [0.29, 0.717) is 23.3 Å². The van der Waals surface area contributed by atoms with E-state index in [-0.39, 0.29) is 0 Å². The Morgan fingerprint density at radius 1 is 0.735 bits per heavy atom. The van der Waals surface area contributed by atoms with Gasteiger partial charge in [-0.2, -0.15) is 0 Å². The van der Waals surface area contributed by atoms with Crippen LogP contribution in [0.5, 0.6) is 11.5 Å². The van der Waals surface area contributed by atoms with Gasteiger partial charge in [-0.05, 0) is 42.5 Å². The van der Waals surface area contributed by atoms with Crippen molar-refractivity contribution >= 4 is 22.2 Å². The van der Waals surface area contributed by atoms with Crippen molar-refractivity contribution in [2.24, 2.45) is 0 Å². The fourth-order valence-corrected chi connectivity index (χ4v) is 4.54. The Morgan fingerprint density at radius 3 is 2.32 bits per heavy atom. The second-order valence-electron chi connectivity index (χ2n) is 8.29. The first-order valence-corrected chi connectivity index (χ1v) is 11.1. The smallest absolute Gasteiger partial charge is 0.436 e. The van der Waals surface area contributed by atoms with Crippen molar-refractivity contribution in [3.05, 3.63) is 97.1 Å². The summed E-state index contributed by atoms with van der Waals surface area (Å²) in [5.41, 5.74) is 4.73. The minimum absolute atomic E-state index is 0.485. The molecule has 0 amide bonds. The molecule has 2 aromatic heterocycles. The molecule has 0 saturated carbocycles. The highest BCUT2D eigenvalue weighted by molar-refractivity contribution is 5.77. The fraction of sp³-hybridized carbons (Fsp3) is 0.0714. The highest BCUT2D eigenvalue weighted by Gasteiger charge is 2.52. The van der Waals surface area contributed by atoms with Crippen LogP contribution in [0.2, 0.25) is 0 Å². The molecule has 0 aliphatic carbocycles. The zero-order chi connectivity index (χ0) is 22.7. The summed E-state index contributed by atoms with van der Waals surface area (Å²) in [5, 5.41) is 0. The van der Waals surface area contributed by atoms with Gasteiger partial charge < -0.3 is 18.3 Å². The largest absolute Gasteiger partial charge is 0.477 e. The van der Waals surface area contributed by atoms with Gasteiger partial charge in [-0.3, -0.25) is 0 Å². The molecule has 1 atom stereocenters. The highest BCUT2D eigenvalue weighted by atomic mass is 16.7. The van der Waals surface area contributed by atoms with Gasteiger partial charge in [-0.1, -0.05) is 53.1 Å². The quantitative estimate of drug-likeness (QED) is 0.298. The fourth-order valence-electron chi connectivity index (χ4n) is 4.54. The van der Waals surface area contributed by atoms with Crippen LogP contribution in [0.4, 0.5) is 0 Å². The Morgan fingerprint density at radius 2 is 1.44 bits per heavy atom. The molecule has 0 saturated heterocycles. The summed E-state index contributed by atoms with van der Waals surface area (Å²) in [4.78, 5) is 4.67. The first-order valence-electron chi connectivity index (χ1n) is 11.1. The summed E-state index contributed by atoms with van der Waals surface area (Å²) in [7, 11) is 0. The molecule has 1 aliphatic rings. The molecule has 3 heterocycles. The van der Waals surface area contributed by atoms with Crippen LogP contribution < -0.4 is 14.0 Å².